The quantitative estimate of drug-likeness (QED) is 0.734. The highest BCUT2D eigenvalue weighted by atomic mass is 19.4. The fourth-order valence-corrected chi connectivity index (χ4v) is 0.980. The van der Waals surface area contributed by atoms with Crippen LogP contribution in [0.4, 0.5) is 23.2 Å². The maximum Gasteiger partial charge on any atom is 0.405 e. The third kappa shape index (κ3) is 3.24. The summed E-state index contributed by atoms with van der Waals surface area (Å²) >= 11 is 0. The molecule has 0 aliphatic heterocycles. The number of hydrogen-bond acceptors (Lipinski definition) is 1. The Morgan fingerprint density at radius 2 is 1.93 bits per heavy atom. The molecular weight excluding hydrogens is 198 g/mol. The van der Waals surface area contributed by atoms with Gasteiger partial charge in [-0.1, -0.05) is 6.07 Å². The van der Waals surface area contributed by atoms with E-state index >= 15 is 0 Å². The highest BCUT2D eigenvalue weighted by Crippen LogP contribution is 2.19. The van der Waals surface area contributed by atoms with Crippen LogP contribution in [0.2, 0.25) is 0 Å². The van der Waals surface area contributed by atoms with Crippen molar-refractivity contribution in [3.05, 3.63) is 29.6 Å². The Morgan fingerprint density at radius 3 is 2.50 bits per heavy atom. The van der Waals surface area contributed by atoms with Crippen LogP contribution in [0.1, 0.15) is 5.56 Å². The SMILES string of the molecule is Cc1ccc(F)cc1NCC(F)(F)F. The summed E-state index contributed by atoms with van der Waals surface area (Å²) in [5, 5.41) is 2.13. The Hall–Kier alpha value is -1.26. The maximum atomic E-state index is 12.6. The van der Waals surface area contributed by atoms with Gasteiger partial charge in [0.2, 0.25) is 0 Å². The molecular formula is C9H9F4N. The fraction of sp³-hybridized carbons (Fsp3) is 0.333. The van der Waals surface area contributed by atoms with Crippen LogP contribution in [0.3, 0.4) is 0 Å². The lowest BCUT2D eigenvalue weighted by Crippen LogP contribution is -2.21. The van der Waals surface area contributed by atoms with Gasteiger partial charge in [0.15, 0.2) is 0 Å². The Balaban J connectivity index is 2.72. The normalized spacial score (nSPS) is 11.5. The number of aryl methyl sites for hydroxylation is 1. The summed E-state index contributed by atoms with van der Waals surface area (Å²) in [6.45, 7) is 0.454. The Morgan fingerprint density at radius 1 is 1.29 bits per heavy atom. The smallest absolute Gasteiger partial charge is 0.376 e. The largest absolute Gasteiger partial charge is 0.405 e. The van der Waals surface area contributed by atoms with E-state index in [1.54, 1.807) is 6.92 Å². The van der Waals surface area contributed by atoms with Gasteiger partial charge in [-0.05, 0) is 24.6 Å². The second-order valence-electron chi connectivity index (χ2n) is 2.93. The lowest BCUT2D eigenvalue weighted by atomic mass is 10.2. The zero-order valence-electron chi connectivity index (χ0n) is 7.45. The molecule has 0 saturated heterocycles. The summed E-state index contributed by atoms with van der Waals surface area (Å²) < 4.78 is 48.1. The van der Waals surface area contributed by atoms with Gasteiger partial charge in [0, 0.05) is 5.69 Å². The molecule has 1 nitrogen and oxygen atoms in total. The minimum absolute atomic E-state index is 0.169. The monoisotopic (exact) mass is 207 g/mol. The van der Waals surface area contributed by atoms with Crippen molar-refractivity contribution in [2.24, 2.45) is 0 Å². The van der Waals surface area contributed by atoms with Crippen molar-refractivity contribution in [1.29, 1.82) is 0 Å². The van der Waals surface area contributed by atoms with Crippen molar-refractivity contribution in [3.8, 4) is 0 Å². The molecule has 5 heteroatoms. The highest BCUT2D eigenvalue weighted by Gasteiger charge is 2.26. The van der Waals surface area contributed by atoms with Crippen LogP contribution in [0.5, 0.6) is 0 Å². The molecule has 0 heterocycles. The molecule has 1 rings (SSSR count). The number of nitrogens with one attached hydrogen (secondary N) is 1. The molecule has 0 radical (unpaired) electrons. The molecule has 0 bridgehead atoms. The standard InChI is InChI=1S/C9H9F4N/c1-6-2-3-7(10)4-8(6)14-5-9(11,12)13/h2-4,14H,5H2,1H3. The molecule has 78 valence electrons. The topological polar surface area (TPSA) is 12.0 Å². The van der Waals surface area contributed by atoms with Gasteiger partial charge >= 0.3 is 6.18 Å². The fourth-order valence-electron chi connectivity index (χ4n) is 0.980. The molecule has 0 aliphatic rings. The van der Waals surface area contributed by atoms with Crippen LogP contribution >= 0.6 is 0 Å². The third-order valence-corrected chi connectivity index (χ3v) is 1.68. The second-order valence-corrected chi connectivity index (χ2v) is 2.93. The summed E-state index contributed by atoms with van der Waals surface area (Å²) in [6, 6.07) is 3.67. The van der Waals surface area contributed by atoms with Crippen molar-refractivity contribution in [2.75, 3.05) is 11.9 Å². The lowest BCUT2D eigenvalue weighted by molar-refractivity contribution is -0.115. The van der Waals surface area contributed by atoms with E-state index < -0.39 is 18.5 Å². The van der Waals surface area contributed by atoms with Crippen LogP contribution < -0.4 is 5.32 Å². The van der Waals surface area contributed by atoms with Crippen LogP contribution in [0.25, 0.3) is 0 Å². The van der Waals surface area contributed by atoms with E-state index in [0.29, 0.717) is 5.56 Å². The first-order chi connectivity index (χ1) is 6.38. The van der Waals surface area contributed by atoms with Gasteiger partial charge in [-0.2, -0.15) is 13.2 Å². The second kappa shape index (κ2) is 3.86. The summed E-state index contributed by atoms with van der Waals surface area (Å²) in [5.41, 5.74) is 0.748. The third-order valence-electron chi connectivity index (χ3n) is 1.68. The zero-order valence-corrected chi connectivity index (χ0v) is 7.45. The number of hydrogen-bond donors (Lipinski definition) is 1. The molecule has 0 saturated carbocycles. The summed E-state index contributed by atoms with van der Waals surface area (Å²) in [7, 11) is 0. The van der Waals surface area contributed by atoms with Crippen molar-refractivity contribution in [1.82, 2.24) is 0 Å². The molecule has 1 N–H and O–H groups in total. The van der Waals surface area contributed by atoms with Gasteiger partial charge in [-0.15, -0.1) is 0 Å². The maximum absolute atomic E-state index is 12.6. The van der Waals surface area contributed by atoms with E-state index in [9.17, 15) is 17.6 Å². The highest BCUT2D eigenvalue weighted by molar-refractivity contribution is 5.50. The van der Waals surface area contributed by atoms with Gasteiger partial charge in [0.25, 0.3) is 0 Å². The van der Waals surface area contributed by atoms with Crippen LogP contribution in [-0.4, -0.2) is 12.7 Å². The minimum atomic E-state index is -4.29. The van der Waals surface area contributed by atoms with Crippen molar-refractivity contribution < 1.29 is 17.6 Å². The number of alkyl halides is 3. The van der Waals surface area contributed by atoms with Crippen molar-refractivity contribution in [3.63, 3.8) is 0 Å². The van der Waals surface area contributed by atoms with Gasteiger partial charge < -0.3 is 5.32 Å². The number of anilines is 1. The van der Waals surface area contributed by atoms with Crippen molar-refractivity contribution in [2.45, 2.75) is 13.1 Å². The van der Waals surface area contributed by atoms with E-state index in [0.717, 1.165) is 6.07 Å². The molecule has 0 spiro atoms. The molecule has 14 heavy (non-hydrogen) atoms. The van der Waals surface area contributed by atoms with E-state index in [1.165, 1.54) is 12.1 Å². The molecule has 0 amide bonds. The number of benzene rings is 1. The minimum Gasteiger partial charge on any atom is -0.376 e. The first kappa shape index (κ1) is 10.8. The number of rotatable bonds is 2. The molecule has 0 atom stereocenters. The Bertz CT molecular complexity index is 319. The van der Waals surface area contributed by atoms with E-state index in [-0.39, 0.29) is 5.69 Å². The summed E-state index contributed by atoms with van der Waals surface area (Å²) in [6.07, 6.45) is -4.29. The molecule has 1 aromatic rings. The van der Waals surface area contributed by atoms with Gasteiger partial charge in [0.05, 0.1) is 0 Å². The molecule has 1 aromatic carbocycles. The van der Waals surface area contributed by atoms with Gasteiger partial charge in [-0.3, -0.25) is 0 Å². The van der Waals surface area contributed by atoms with Crippen LogP contribution in [0.15, 0.2) is 18.2 Å². The Kier molecular flexibility index (Phi) is 2.98. The van der Waals surface area contributed by atoms with Gasteiger partial charge in [0.1, 0.15) is 12.4 Å². The first-order valence-corrected chi connectivity index (χ1v) is 3.95. The van der Waals surface area contributed by atoms with Gasteiger partial charge in [-0.25, -0.2) is 4.39 Å². The van der Waals surface area contributed by atoms with E-state index in [2.05, 4.69) is 5.32 Å². The average Bonchev–Trinajstić information content (AvgIpc) is 2.05. The predicted molar refractivity (Wildman–Crippen MR) is 45.7 cm³/mol. The zero-order chi connectivity index (χ0) is 10.8. The summed E-state index contributed by atoms with van der Waals surface area (Å²) in [5.74, 6) is -0.555. The number of halogens is 4. The molecule has 0 aromatic heterocycles. The van der Waals surface area contributed by atoms with Crippen LogP contribution in [-0.2, 0) is 0 Å². The predicted octanol–water partition coefficient (Wildman–Crippen LogP) is 3.11. The van der Waals surface area contributed by atoms with E-state index in [4.69, 9.17) is 0 Å². The van der Waals surface area contributed by atoms with Crippen LogP contribution in [0, 0.1) is 12.7 Å². The first-order valence-electron chi connectivity index (χ1n) is 3.95. The van der Waals surface area contributed by atoms with Crippen molar-refractivity contribution >= 4 is 5.69 Å². The molecule has 0 unspecified atom stereocenters. The summed E-state index contributed by atoms with van der Waals surface area (Å²) in [4.78, 5) is 0. The van der Waals surface area contributed by atoms with E-state index in [1.807, 2.05) is 0 Å². The average molecular weight is 207 g/mol. The Labute approximate surface area is 78.7 Å². The molecule has 0 fully saturated rings. The lowest BCUT2D eigenvalue weighted by Gasteiger charge is -2.11. The molecule has 0 aliphatic carbocycles.